The van der Waals surface area contributed by atoms with E-state index in [4.69, 9.17) is 9.15 Å². The molecular formula is C16H18N4O3. The van der Waals surface area contributed by atoms with Crippen LogP contribution in [0.5, 0.6) is 0 Å². The van der Waals surface area contributed by atoms with Crippen molar-refractivity contribution in [1.82, 2.24) is 19.5 Å². The van der Waals surface area contributed by atoms with Gasteiger partial charge in [-0.1, -0.05) is 13.8 Å². The SMILES string of the molecule is CC.CCOC(=O)c1cncn1-c1ccc(-c2ncco2)cn1. The van der Waals surface area contributed by atoms with Crippen molar-refractivity contribution in [2.24, 2.45) is 0 Å². The third kappa shape index (κ3) is 3.63. The fourth-order valence-electron chi connectivity index (χ4n) is 1.85. The highest BCUT2D eigenvalue weighted by Gasteiger charge is 2.15. The van der Waals surface area contributed by atoms with Gasteiger partial charge in [-0.3, -0.25) is 4.57 Å². The molecule has 0 unspecified atom stereocenters. The summed E-state index contributed by atoms with van der Waals surface area (Å²) in [6, 6.07) is 3.56. The van der Waals surface area contributed by atoms with Crippen LogP contribution in [-0.2, 0) is 4.74 Å². The van der Waals surface area contributed by atoms with E-state index in [-0.39, 0.29) is 0 Å². The molecular weight excluding hydrogens is 296 g/mol. The van der Waals surface area contributed by atoms with E-state index in [1.54, 1.807) is 30.0 Å². The van der Waals surface area contributed by atoms with Crippen LogP contribution in [0.4, 0.5) is 0 Å². The molecule has 0 spiro atoms. The largest absolute Gasteiger partial charge is 0.461 e. The zero-order valence-electron chi connectivity index (χ0n) is 13.3. The average Bonchev–Trinajstić information content (AvgIpc) is 3.29. The van der Waals surface area contributed by atoms with Crippen LogP contribution in [0.3, 0.4) is 0 Å². The number of oxazole rings is 1. The molecule has 120 valence electrons. The number of hydrogen-bond donors (Lipinski definition) is 0. The third-order valence-corrected chi connectivity index (χ3v) is 2.80. The minimum absolute atomic E-state index is 0.306. The number of carbonyl (C=O) groups excluding carboxylic acids is 1. The van der Waals surface area contributed by atoms with E-state index in [9.17, 15) is 4.79 Å². The molecule has 3 rings (SSSR count). The highest BCUT2D eigenvalue weighted by Crippen LogP contribution is 2.18. The molecule has 0 aliphatic rings. The second-order valence-corrected chi connectivity index (χ2v) is 4.11. The van der Waals surface area contributed by atoms with E-state index >= 15 is 0 Å². The van der Waals surface area contributed by atoms with Gasteiger partial charge in [0.05, 0.1) is 24.6 Å². The minimum Gasteiger partial charge on any atom is -0.461 e. The van der Waals surface area contributed by atoms with E-state index in [1.165, 1.54) is 18.8 Å². The quantitative estimate of drug-likeness (QED) is 0.688. The summed E-state index contributed by atoms with van der Waals surface area (Å²) in [5.74, 6) is 0.615. The van der Waals surface area contributed by atoms with Crippen LogP contribution < -0.4 is 0 Å². The average molecular weight is 314 g/mol. The molecule has 0 saturated heterocycles. The van der Waals surface area contributed by atoms with Gasteiger partial charge in [0.2, 0.25) is 5.89 Å². The number of pyridine rings is 1. The highest BCUT2D eigenvalue weighted by molar-refractivity contribution is 5.87. The van der Waals surface area contributed by atoms with Crippen molar-refractivity contribution in [3.8, 4) is 17.3 Å². The number of carbonyl (C=O) groups is 1. The molecule has 7 nitrogen and oxygen atoms in total. The molecule has 3 aromatic rings. The molecule has 23 heavy (non-hydrogen) atoms. The van der Waals surface area contributed by atoms with Gasteiger partial charge in [-0.15, -0.1) is 0 Å². The van der Waals surface area contributed by atoms with E-state index in [0.717, 1.165) is 5.56 Å². The second kappa shape index (κ2) is 7.88. The second-order valence-electron chi connectivity index (χ2n) is 4.11. The molecule has 0 fully saturated rings. The number of rotatable bonds is 4. The first kappa shape index (κ1) is 16.4. The summed E-state index contributed by atoms with van der Waals surface area (Å²) >= 11 is 0. The third-order valence-electron chi connectivity index (χ3n) is 2.80. The summed E-state index contributed by atoms with van der Waals surface area (Å²) in [6.45, 7) is 6.06. The Morgan fingerprint density at radius 2 is 2.09 bits per heavy atom. The maximum atomic E-state index is 11.8. The fourth-order valence-corrected chi connectivity index (χ4v) is 1.85. The van der Waals surface area contributed by atoms with Gasteiger partial charge in [-0.25, -0.2) is 19.7 Å². The van der Waals surface area contributed by atoms with Gasteiger partial charge in [0.1, 0.15) is 18.4 Å². The molecule has 3 heterocycles. The lowest BCUT2D eigenvalue weighted by atomic mass is 10.3. The van der Waals surface area contributed by atoms with Gasteiger partial charge in [-0.2, -0.15) is 0 Å². The van der Waals surface area contributed by atoms with Crippen molar-refractivity contribution < 1.29 is 13.9 Å². The Hall–Kier alpha value is -2.96. The molecule has 0 amide bonds. The smallest absolute Gasteiger partial charge is 0.357 e. The van der Waals surface area contributed by atoms with Crippen LogP contribution in [0, 0.1) is 0 Å². The molecule has 3 aromatic heterocycles. The van der Waals surface area contributed by atoms with Crippen LogP contribution in [-0.4, -0.2) is 32.1 Å². The van der Waals surface area contributed by atoms with Crippen molar-refractivity contribution >= 4 is 5.97 Å². The Kier molecular flexibility index (Phi) is 5.62. The van der Waals surface area contributed by atoms with Crippen molar-refractivity contribution in [3.63, 3.8) is 0 Å². The predicted octanol–water partition coefficient (Wildman–Crippen LogP) is 3.13. The summed E-state index contributed by atoms with van der Waals surface area (Å²) in [4.78, 5) is 24.1. The molecule has 7 heteroatoms. The molecule has 0 N–H and O–H groups in total. The van der Waals surface area contributed by atoms with Gasteiger partial charge < -0.3 is 9.15 Å². The number of ether oxygens (including phenoxy) is 1. The van der Waals surface area contributed by atoms with Crippen molar-refractivity contribution in [1.29, 1.82) is 0 Å². The van der Waals surface area contributed by atoms with Gasteiger partial charge >= 0.3 is 5.97 Å². The lowest BCUT2D eigenvalue weighted by Gasteiger charge is -2.06. The molecule has 0 aliphatic carbocycles. The Morgan fingerprint density at radius 1 is 1.26 bits per heavy atom. The van der Waals surface area contributed by atoms with E-state index in [1.807, 2.05) is 19.9 Å². The lowest BCUT2D eigenvalue weighted by molar-refractivity contribution is 0.0517. The maximum Gasteiger partial charge on any atom is 0.357 e. The number of hydrogen-bond acceptors (Lipinski definition) is 6. The Balaban J connectivity index is 0.000000924. The Morgan fingerprint density at radius 3 is 2.70 bits per heavy atom. The summed E-state index contributed by atoms with van der Waals surface area (Å²) < 4.78 is 11.7. The summed E-state index contributed by atoms with van der Waals surface area (Å²) in [7, 11) is 0. The fraction of sp³-hybridized carbons (Fsp3) is 0.250. The Labute approximate surface area is 134 Å². The standard InChI is InChI=1S/C14H12N4O3.C2H6/c1-2-20-14(19)11-8-15-9-18(11)12-4-3-10(7-17-12)13-16-5-6-21-13;1-2/h3-9H,2H2,1H3;1-2H3. The molecule has 0 atom stereocenters. The summed E-state index contributed by atoms with van der Waals surface area (Å²) in [5, 5.41) is 0. The van der Waals surface area contributed by atoms with Gasteiger partial charge in [0, 0.05) is 6.20 Å². The first-order valence-corrected chi connectivity index (χ1v) is 7.35. The van der Waals surface area contributed by atoms with Gasteiger partial charge in [0.25, 0.3) is 0 Å². The monoisotopic (exact) mass is 314 g/mol. The summed E-state index contributed by atoms with van der Waals surface area (Å²) in [6.07, 6.45) is 7.65. The minimum atomic E-state index is -0.437. The molecule has 0 aromatic carbocycles. The zero-order valence-corrected chi connectivity index (χ0v) is 13.3. The molecule has 0 aliphatic heterocycles. The first-order valence-electron chi connectivity index (χ1n) is 7.35. The van der Waals surface area contributed by atoms with Crippen LogP contribution in [0.15, 0.2) is 47.7 Å². The van der Waals surface area contributed by atoms with E-state index in [0.29, 0.717) is 24.0 Å². The number of nitrogens with zero attached hydrogens (tertiary/aromatic N) is 4. The maximum absolute atomic E-state index is 11.8. The molecule has 0 bridgehead atoms. The number of imidazole rings is 1. The summed E-state index contributed by atoms with van der Waals surface area (Å²) in [5.41, 5.74) is 1.08. The highest BCUT2D eigenvalue weighted by atomic mass is 16.5. The van der Waals surface area contributed by atoms with Crippen LogP contribution in [0.2, 0.25) is 0 Å². The number of esters is 1. The van der Waals surface area contributed by atoms with Gasteiger partial charge in [0.15, 0.2) is 5.69 Å². The zero-order chi connectivity index (χ0) is 16.7. The van der Waals surface area contributed by atoms with Crippen molar-refractivity contribution in [3.05, 3.63) is 49.0 Å². The van der Waals surface area contributed by atoms with Crippen molar-refractivity contribution in [2.45, 2.75) is 20.8 Å². The lowest BCUT2D eigenvalue weighted by Crippen LogP contribution is -2.11. The van der Waals surface area contributed by atoms with E-state index in [2.05, 4.69) is 15.0 Å². The van der Waals surface area contributed by atoms with E-state index < -0.39 is 5.97 Å². The van der Waals surface area contributed by atoms with Crippen molar-refractivity contribution in [2.75, 3.05) is 6.61 Å². The van der Waals surface area contributed by atoms with Crippen LogP contribution in [0.1, 0.15) is 31.3 Å². The first-order chi connectivity index (χ1) is 11.3. The van der Waals surface area contributed by atoms with Gasteiger partial charge in [-0.05, 0) is 19.1 Å². The Bertz CT molecular complexity index is 733. The molecule has 0 saturated carbocycles. The van der Waals surface area contributed by atoms with Crippen LogP contribution >= 0.6 is 0 Å². The number of aromatic nitrogens is 4. The predicted molar refractivity (Wildman–Crippen MR) is 84.2 cm³/mol. The topological polar surface area (TPSA) is 83.0 Å². The van der Waals surface area contributed by atoms with Crippen LogP contribution in [0.25, 0.3) is 17.3 Å². The molecule has 0 radical (unpaired) electrons. The normalized spacial score (nSPS) is 9.87.